The van der Waals surface area contributed by atoms with Crippen LogP contribution in [0.4, 0.5) is 4.39 Å². The number of rotatable bonds is 1. The molecule has 0 spiro atoms. The van der Waals surface area contributed by atoms with Crippen molar-refractivity contribution in [3.8, 4) is 0 Å². The first-order valence-electron chi connectivity index (χ1n) is 5.54. The molecule has 3 heterocycles. The molecule has 17 heavy (non-hydrogen) atoms. The van der Waals surface area contributed by atoms with E-state index in [-0.39, 0.29) is 18.2 Å². The summed E-state index contributed by atoms with van der Waals surface area (Å²) in [6, 6.07) is 1.46. The average molecular weight is 257 g/mol. The third kappa shape index (κ3) is 2.25. The van der Waals surface area contributed by atoms with Gasteiger partial charge >= 0.3 is 0 Å². The van der Waals surface area contributed by atoms with Crippen molar-refractivity contribution in [1.29, 1.82) is 0 Å². The lowest BCUT2D eigenvalue weighted by molar-refractivity contribution is 0.443. The Morgan fingerprint density at radius 2 is 2.12 bits per heavy atom. The molecule has 92 valence electrons. The molecule has 2 aromatic heterocycles. The molecule has 0 bridgehead atoms. The SMILES string of the molecule is Cl.Fc1cc2ncnn2cc1C1CCNCC1. The molecule has 0 radical (unpaired) electrons. The fourth-order valence-corrected chi connectivity index (χ4v) is 2.29. The molecule has 4 nitrogen and oxygen atoms in total. The van der Waals surface area contributed by atoms with Gasteiger partial charge in [0.25, 0.3) is 0 Å². The zero-order valence-electron chi connectivity index (χ0n) is 9.27. The summed E-state index contributed by atoms with van der Waals surface area (Å²) < 4.78 is 15.5. The highest BCUT2D eigenvalue weighted by Gasteiger charge is 2.19. The molecular weight excluding hydrogens is 243 g/mol. The molecule has 0 unspecified atom stereocenters. The lowest BCUT2D eigenvalue weighted by Crippen LogP contribution is -2.27. The Bertz CT molecular complexity index is 507. The van der Waals surface area contributed by atoms with E-state index in [2.05, 4.69) is 15.4 Å². The minimum atomic E-state index is -0.160. The van der Waals surface area contributed by atoms with Crippen molar-refractivity contribution in [2.24, 2.45) is 0 Å². The molecular formula is C11H14ClFN4. The van der Waals surface area contributed by atoms with Gasteiger partial charge in [-0.15, -0.1) is 12.4 Å². The van der Waals surface area contributed by atoms with Crippen molar-refractivity contribution in [2.75, 3.05) is 13.1 Å². The Kier molecular flexibility index (Phi) is 3.59. The van der Waals surface area contributed by atoms with Gasteiger partial charge in [-0.2, -0.15) is 5.10 Å². The van der Waals surface area contributed by atoms with E-state index in [4.69, 9.17) is 0 Å². The normalized spacial score (nSPS) is 17.0. The minimum Gasteiger partial charge on any atom is -0.317 e. The van der Waals surface area contributed by atoms with Crippen LogP contribution in [-0.2, 0) is 0 Å². The lowest BCUT2D eigenvalue weighted by atomic mass is 9.91. The zero-order chi connectivity index (χ0) is 11.0. The van der Waals surface area contributed by atoms with Crippen LogP contribution in [0.1, 0.15) is 24.3 Å². The molecule has 2 aromatic rings. The predicted molar refractivity (Wildman–Crippen MR) is 65.0 cm³/mol. The standard InChI is InChI=1S/C11H13FN4.ClH/c12-10-5-11-14-7-15-16(11)6-9(10)8-1-3-13-4-2-8;/h5-8,13H,1-4H2;1H. The molecule has 1 aliphatic rings. The van der Waals surface area contributed by atoms with Gasteiger partial charge in [-0.25, -0.2) is 13.9 Å². The van der Waals surface area contributed by atoms with E-state index in [0.29, 0.717) is 11.6 Å². The van der Waals surface area contributed by atoms with Gasteiger partial charge in [0, 0.05) is 17.8 Å². The van der Waals surface area contributed by atoms with Gasteiger partial charge in [0.05, 0.1) is 0 Å². The first-order valence-corrected chi connectivity index (χ1v) is 5.54. The van der Waals surface area contributed by atoms with E-state index in [0.717, 1.165) is 31.5 Å². The van der Waals surface area contributed by atoms with Gasteiger partial charge in [-0.05, 0) is 31.8 Å². The van der Waals surface area contributed by atoms with Gasteiger partial charge in [0.15, 0.2) is 5.65 Å². The summed E-state index contributed by atoms with van der Waals surface area (Å²) in [6.45, 7) is 1.92. The van der Waals surface area contributed by atoms with Crippen LogP contribution in [0.25, 0.3) is 5.65 Å². The van der Waals surface area contributed by atoms with E-state index in [1.54, 1.807) is 10.7 Å². The predicted octanol–water partition coefficient (Wildman–Crippen LogP) is 1.76. The number of nitrogens with zero attached hydrogens (tertiary/aromatic N) is 3. The Morgan fingerprint density at radius 1 is 1.35 bits per heavy atom. The van der Waals surface area contributed by atoms with Crippen LogP contribution in [0.3, 0.4) is 0 Å². The van der Waals surface area contributed by atoms with Crippen LogP contribution in [0, 0.1) is 5.82 Å². The maximum atomic E-state index is 13.9. The van der Waals surface area contributed by atoms with Crippen molar-refractivity contribution in [2.45, 2.75) is 18.8 Å². The maximum absolute atomic E-state index is 13.9. The molecule has 0 aliphatic carbocycles. The second-order valence-electron chi connectivity index (χ2n) is 4.16. The summed E-state index contributed by atoms with van der Waals surface area (Å²) in [5.41, 5.74) is 1.33. The monoisotopic (exact) mass is 256 g/mol. The largest absolute Gasteiger partial charge is 0.317 e. The smallest absolute Gasteiger partial charge is 0.158 e. The van der Waals surface area contributed by atoms with Crippen molar-refractivity contribution in [1.82, 2.24) is 19.9 Å². The third-order valence-electron chi connectivity index (χ3n) is 3.17. The van der Waals surface area contributed by atoms with Gasteiger partial charge in [0.1, 0.15) is 12.1 Å². The highest BCUT2D eigenvalue weighted by Crippen LogP contribution is 2.27. The van der Waals surface area contributed by atoms with Crippen LogP contribution in [0.15, 0.2) is 18.6 Å². The second-order valence-corrected chi connectivity index (χ2v) is 4.16. The van der Waals surface area contributed by atoms with Crippen molar-refractivity contribution in [3.63, 3.8) is 0 Å². The Hall–Kier alpha value is -1.20. The van der Waals surface area contributed by atoms with E-state index < -0.39 is 0 Å². The first-order chi connectivity index (χ1) is 7.84. The van der Waals surface area contributed by atoms with Crippen molar-refractivity contribution >= 4 is 18.1 Å². The topological polar surface area (TPSA) is 42.2 Å². The van der Waals surface area contributed by atoms with Crippen LogP contribution >= 0.6 is 12.4 Å². The first kappa shape index (κ1) is 12.3. The van der Waals surface area contributed by atoms with E-state index in [1.807, 2.05) is 0 Å². The van der Waals surface area contributed by atoms with Gasteiger partial charge in [-0.3, -0.25) is 0 Å². The number of pyridine rings is 1. The summed E-state index contributed by atoms with van der Waals surface area (Å²) in [4.78, 5) is 3.97. The highest BCUT2D eigenvalue weighted by molar-refractivity contribution is 5.85. The van der Waals surface area contributed by atoms with Crippen LogP contribution < -0.4 is 5.32 Å². The Morgan fingerprint density at radius 3 is 2.88 bits per heavy atom. The Labute approximate surface area is 105 Å². The number of piperidine rings is 1. The summed E-state index contributed by atoms with van der Waals surface area (Å²) in [5, 5.41) is 7.32. The van der Waals surface area contributed by atoms with Crippen LogP contribution in [0.5, 0.6) is 0 Å². The molecule has 0 saturated carbocycles. The maximum Gasteiger partial charge on any atom is 0.158 e. The number of aromatic nitrogens is 3. The number of halogens is 2. The Balaban J connectivity index is 0.00000108. The number of hydrogen-bond donors (Lipinski definition) is 1. The van der Waals surface area contributed by atoms with E-state index in [1.165, 1.54) is 12.4 Å². The molecule has 1 N–H and O–H groups in total. The molecule has 0 aromatic carbocycles. The summed E-state index contributed by atoms with van der Waals surface area (Å²) >= 11 is 0. The van der Waals surface area contributed by atoms with Crippen LogP contribution in [0.2, 0.25) is 0 Å². The number of nitrogens with one attached hydrogen (secondary N) is 1. The van der Waals surface area contributed by atoms with Gasteiger partial charge in [-0.1, -0.05) is 0 Å². The summed E-state index contributed by atoms with van der Waals surface area (Å²) in [7, 11) is 0. The molecule has 1 saturated heterocycles. The molecule has 0 atom stereocenters. The van der Waals surface area contributed by atoms with Crippen molar-refractivity contribution in [3.05, 3.63) is 30.0 Å². The number of hydrogen-bond acceptors (Lipinski definition) is 3. The lowest BCUT2D eigenvalue weighted by Gasteiger charge is -2.23. The molecule has 0 amide bonds. The highest BCUT2D eigenvalue weighted by atomic mass is 35.5. The van der Waals surface area contributed by atoms with Gasteiger partial charge in [0.2, 0.25) is 0 Å². The van der Waals surface area contributed by atoms with E-state index in [9.17, 15) is 4.39 Å². The van der Waals surface area contributed by atoms with Crippen LogP contribution in [-0.4, -0.2) is 27.7 Å². The minimum absolute atomic E-state index is 0. The molecule has 3 rings (SSSR count). The van der Waals surface area contributed by atoms with E-state index >= 15 is 0 Å². The fraction of sp³-hybridized carbons (Fsp3) is 0.455. The number of fused-ring (bicyclic) bond motifs is 1. The summed E-state index contributed by atoms with van der Waals surface area (Å²) in [5.74, 6) is 0.141. The fourth-order valence-electron chi connectivity index (χ4n) is 2.29. The van der Waals surface area contributed by atoms with Crippen molar-refractivity contribution < 1.29 is 4.39 Å². The molecule has 6 heteroatoms. The quantitative estimate of drug-likeness (QED) is 0.845. The summed E-state index contributed by atoms with van der Waals surface area (Å²) in [6.07, 6.45) is 5.18. The second kappa shape index (κ2) is 4.98. The molecule has 1 aliphatic heterocycles. The third-order valence-corrected chi connectivity index (χ3v) is 3.17. The van der Waals surface area contributed by atoms with Gasteiger partial charge < -0.3 is 5.32 Å². The average Bonchev–Trinajstić information content (AvgIpc) is 2.76. The molecule has 1 fully saturated rings. The zero-order valence-corrected chi connectivity index (χ0v) is 10.1.